The van der Waals surface area contributed by atoms with Crippen molar-refractivity contribution in [2.75, 3.05) is 0 Å². The lowest BCUT2D eigenvalue weighted by Crippen LogP contribution is -2.19. The normalized spacial score (nSPS) is 24.9. The maximum Gasteiger partial charge on any atom is 0.0465 e. The number of hydrogen-bond acceptors (Lipinski definition) is 1. The summed E-state index contributed by atoms with van der Waals surface area (Å²) in [6.45, 7) is 2.37. The van der Waals surface area contributed by atoms with Crippen LogP contribution >= 0.6 is 9.39 Å². The van der Waals surface area contributed by atoms with Gasteiger partial charge in [0.15, 0.2) is 0 Å². The van der Waals surface area contributed by atoms with E-state index in [2.05, 4.69) is 45.7 Å². The summed E-state index contributed by atoms with van der Waals surface area (Å²) in [5.74, 6) is 0. The smallest absolute Gasteiger partial charge is 0.0465 e. The molecule has 0 amide bonds. The van der Waals surface area contributed by atoms with E-state index in [1.807, 2.05) is 0 Å². The lowest BCUT2D eigenvalue weighted by Gasteiger charge is -2.17. The number of hydrogen-bond donors (Lipinski definition) is 1. The Kier molecular flexibility index (Phi) is 2.00. The Morgan fingerprint density at radius 2 is 1.80 bits per heavy atom. The minimum absolute atomic E-state index is 0.284. The van der Waals surface area contributed by atoms with Crippen LogP contribution in [0.1, 0.15) is 43.7 Å². The van der Waals surface area contributed by atoms with Gasteiger partial charge in [0.2, 0.25) is 0 Å². The van der Waals surface area contributed by atoms with Gasteiger partial charge in [-0.15, -0.1) is 0 Å². The fourth-order valence-electron chi connectivity index (χ4n) is 2.31. The van der Waals surface area contributed by atoms with Crippen molar-refractivity contribution in [3.05, 3.63) is 35.4 Å². The molecule has 2 heteroatoms. The molecule has 2 saturated carbocycles. The SMILES string of the molecule is CC1(c2cccc(C3(NP)CC3)c2)CC1. The first kappa shape index (κ1) is 9.81. The minimum atomic E-state index is 0.284. The molecule has 0 saturated heterocycles. The monoisotopic (exact) mass is 219 g/mol. The second-order valence-corrected chi connectivity index (χ2v) is 5.66. The van der Waals surface area contributed by atoms with Crippen LogP contribution in [0.25, 0.3) is 0 Å². The van der Waals surface area contributed by atoms with E-state index >= 15 is 0 Å². The molecule has 3 rings (SSSR count). The quantitative estimate of drug-likeness (QED) is 0.770. The second-order valence-electron chi connectivity index (χ2n) is 5.37. The third-order valence-electron chi connectivity index (χ3n) is 4.14. The van der Waals surface area contributed by atoms with Gasteiger partial charge in [0.25, 0.3) is 0 Å². The Bertz CT molecular complexity index is 391. The van der Waals surface area contributed by atoms with Gasteiger partial charge < -0.3 is 0 Å². The highest BCUT2D eigenvalue weighted by Gasteiger charge is 2.44. The summed E-state index contributed by atoms with van der Waals surface area (Å²) < 4.78 is 0. The topological polar surface area (TPSA) is 12.0 Å². The summed E-state index contributed by atoms with van der Waals surface area (Å²) in [6.07, 6.45) is 5.27. The van der Waals surface area contributed by atoms with Crippen LogP contribution in [0.3, 0.4) is 0 Å². The zero-order valence-corrected chi connectivity index (χ0v) is 10.4. The molecule has 1 aromatic rings. The summed E-state index contributed by atoms with van der Waals surface area (Å²) in [4.78, 5) is 0. The summed E-state index contributed by atoms with van der Waals surface area (Å²) in [6, 6.07) is 9.18. The van der Waals surface area contributed by atoms with Crippen molar-refractivity contribution in [3.8, 4) is 0 Å². The molecule has 15 heavy (non-hydrogen) atoms. The second kappa shape index (κ2) is 3.06. The van der Waals surface area contributed by atoms with Gasteiger partial charge in [0.1, 0.15) is 0 Å². The highest BCUT2D eigenvalue weighted by Crippen LogP contribution is 2.51. The Hall–Kier alpha value is -0.390. The standard InChI is InChI=1S/C13H18NP/c1-12(5-6-12)10-3-2-4-11(9-10)13(14-15)7-8-13/h2-4,9,14H,5-8,15H2,1H3. The zero-order chi connectivity index (χ0) is 10.5. The highest BCUT2D eigenvalue weighted by atomic mass is 31.0. The van der Waals surface area contributed by atoms with Gasteiger partial charge in [-0.05, 0) is 42.2 Å². The molecule has 1 atom stereocenters. The van der Waals surface area contributed by atoms with Crippen molar-refractivity contribution in [2.45, 2.75) is 43.6 Å². The maximum absolute atomic E-state index is 3.38. The fourth-order valence-corrected chi connectivity index (χ4v) is 2.77. The van der Waals surface area contributed by atoms with Gasteiger partial charge in [0, 0.05) is 5.54 Å². The molecule has 0 aromatic heterocycles. The van der Waals surface area contributed by atoms with Crippen LogP contribution in [0.2, 0.25) is 0 Å². The van der Waals surface area contributed by atoms with Gasteiger partial charge in [-0.25, -0.2) is 0 Å². The summed E-state index contributed by atoms with van der Waals surface area (Å²) in [5, 5.41) is 3.38. The Balaban J connectivity index is 1.97. The number of rotatable bonds is 3. The van der Waals surface area contributed by atoms with E-state index in [-0.39, 0.29) is 5.54 Å². The largest absolute Gasteiger partial charge is 0.291 e. The molecule has 2 aliphatic rings. The molecule has 1 unspecified atom stereocenters. The summed E-state index contributed by atoms with van der Waals surface area (Å²) in [5.41, 5.74) is 3.79. The van der Waals surface area contributed by atoms with Gasteiger partial charge in [-0.1, -0.05) is 40.6 Å². The number of nitrogens with one attached hydrogen (secondary N) is 1. The highest BCUT2D eigenvalue weighted by molar-refractivity contribution is 7.13. The Morgan fingerprint density at radius 3 is 2.33 bits per heavy atom. The van der Waals surface area contributed by atoms with Crippen molar-refractivity contribution < 1.29 is 0 Å². The van der Waals surface area contributed by atoms with Crippen molar-refractivity contribution in [2.24, 2.45) is 0 Å². The Labute approximate surface area is 93.9 Å². The molecule has 1 nitrogen and oxygen atoms in total. The third kappa shape index (κ3) is 1.53. The van der Waals surface area contributed by atoms with Crippen molar-refractivity contribution >= 4 is 9.39 Å². The van der Waals surface area contributed by atoms with Crippen LogP contribution in [0.5, 0.6) is 0 Å². The Morgan fingerprint density at radius 1 is 1.13 bits per heavy atom. The third-order valence-corrected chi connectivity index (χ3v) is 4.69. The van der Waals surface area contributed by atoms with E-state index in [0.29, 0.717) is 5.41 Å². The van der Waals surface area contributed by atoms with Crippen molar-refractivity contribution in [1.29, 1.82) is 0 Å². The van der Waals surface area contributed by atoms with Gasteiger partial charge in [-0.2, -0.15) is 0 Å². The van der Waals surface area contributed by atoms with Gasteiger partial charge in [0.05, 0.1) is 0 Å². The number of benzene rings is 1. The minimum Gasteiger partial charge on any atom is -0.291 e. The van der Waals surface area contributed by atoms with E-state index in [4.69, 9.17) is 0 Å². The van der Waals surface area contributed by atoms with Crippen LogP contribution in [0.4, 0.5) is 0 Å². The van der Waals surface area contributed by atoms with Crippen LogP contribution in [-0.2, 0) is 11.0 Å². The van der Waals surface area contributed by atoms with E-state index in [9.17, 15) is 0 Å². The molecule has 80 valence electrons. The molecule has 0 radical (unpaired) electrons. The predicted octanol–water partition coefficient (Wildman–Crippen LogP) is 3.11. The molecule has 0 heterocycles. The lowest BCUT2D eigenvalue weighted by atomic mass is 9.94. The van der Waals surface area contributed by atoms with E-state index in [0.717, 1.165) is 0 Å². The van der Waals surface area contributed by atoms with Crippen molar-refractivity contribution in [3.63, 3.8) is 0 Å². The van der Waals surface area contributed by atoms with Gasteiger partial charge >= 0.3 is 0 Å². The zero-order valence-electron chi connectivity index (χ0n) is 9.22. The van der Waals surface area contributed by atoms with Crippen LogP contribution in [0.15, 0.2) is 24.3 Å². The molecule has 2 fully saturated rings. The average molecular weight is 219 g/mol. The predicted molar refractivity (Wildman–Crippen MR) is 66.8 cm³/mol. The van der Waals surface area contributed by atoms with Crippen LogP contribution in [0, 0.1) is 0 Å². The first-order valence-corrected chi connectivity index (χ1v) is 6.35. The van der Waals surface area contributed by atoms with Crippen LogP contribution < -0.4 is 5.09 Å². The summed E-state index contributed by atoms with van der Waals surface area (Å²) >= 11 is 0. The first-order chi connectivity index (χ1) is 7.19. The van der Waals surface area contributed by atoms with E-state index < -0.39 is 0 Å². The molecule has 2 aliphatic carbocycles. The molecular formula is C13H18NP. The average Bonchev–Trinajstić information content (AvgIpc) is 3.15. The molecule has 1 aromatic carbocycles. The molecule has 0 bridgehead atoms. The summed E-state index contributed by atoms with van der Waals surface area (Å²) in [7, 11) is 2.67. The fraction of sp³-hybridized carbons (Fsp3) is 0.538. The lowest BCUT2D eigenvalue weighted by molar-refractivity contribution is 0.673. The van der Waals surface area contributed by atoms with Gasteiger partial charge in [-0.3, -0.25) is 5.09 Å². The molecule has 1 N–H and O–H groups in total. The first-order valence-electron chi connectivity index (χ1n) is 5.77. The van der Waals surface area contributed by atoms with Crippen molar-refractivity contribution in [1.82, 2.24) is 5.09 Å². The maximum atomic E-state index is 3.38. The molecular weight excluding hydrogens is 201 g/mol. The van der Waals surface area contributed by atoms with Crippen LogP contribution in [-0.4, -0.2) is 0 Å². The molecule has 0 aliphatic heterocycles. The molecule has 0 spiro atoms. The van der Waals surface area contributed by atoms with E-state index in [1.54, 1.807) is 0 Å². The van der Waals surface area contributed by atoms with E-state index in [1.165, 1.54) is 36.8 Å².